The van der Waals surface area contributed by atoms with Crippen LogP contribution in [0.4, 0.5) is 4.79 Å². The molecule has 1 aliphatic rings. The number of carbonyl (C=O) groups excluding carboxylic acids is 1. The number of likely N-dealkylation sites (N-methyl/N-ethyl adjacent to an activating group) is 1. The molecule has 2 amide bonds. The van der Waals surface area contributed by atoms with Crippen LogP contribution in [0.3, 0.4) is 0 Å². The zero-order chi connectivity index (χ0) is 13.9. The summed E-state index contributed by atoms with van der Waals surface area (Å²) in [5.41, 5.74) is 6.15. The first-order valence-corrected chi connectivity index (χ1v) is 6.38. The second kappa shape index (κ2) is 5.40. The number of hydrogen-bond donors (Lipinski definition) is 1. The van der Waals surface area contributed by atoms with Gasteiger partial charge in [0.15, 0.2) is 5.54 Å². The Morgan fingerprint density at radius 2 is 2.05 bits per heavy atom. The summed E-state index contributed by atoms with van der Waals surface area (Å²) in [5.74, 6) is 0.294. The molecule has 0 spiro atoms. The van der Waals surface area contributed by atoms with Gasteiger partial charge in [-0.25, -0.2) is 4.79 Å². The van der Waals surface area contributed by atoms with Crippen LogP contribution in [0.2, 0.25) is 0 Å². The van der Waals surface area contributed by atoms with Crippen molar-refractivity contribution in [2.45, 2.75) is 18.9 Å². The molecule has 1 heterocycles. The summed E-state index contributed by atoms with van der Waals surface area (Å²) in [6.45, 7) is 2.99. The molecule has 0 bridgehead atoms. The second-order valence-corrected chi connectivity index (χ2v) is 4.62. The molecule has 1 aromatic rings. The van der Waals surface area contributed by atoms with Crippen LogP contribution in [0.1, 0.15) is 18.9 Å². The molecule has 0 saturated carbocycles. The highest BCUT2D eigenvalue weighted by atomic mass is 16.5. The molecule has 0 fully saturated rings. The quantitative estimate of drug-likeness (QED) is 0.821. The number of nitrogens with zero attached hydrogens (tertiary/aromatic N) is 2. The molecule has 2 rings (SSSR count). The number of benzene rings is 1. The zero-order valence-corrected chi connectivity index (χ0v) is 11.3. The van der Waals surface area contributed by atoms with Gasteiger partial charge in [0.25, 0.3) is 0 Å². The lowest BCUT2D eigenvalue weighted by atomic mass is 9.89. The van der Waals surface area contributed by atoms with E-state index in [9.17, 15) is 4.79 Å². The average Bonchev–Trinajstić information content (AvgIpc) is 2.64. The number of hydrogen-bond acceptors (Lipinski definition) is 3. The third-order valence-electron chi connectivity index (χ3n) is 3.41. The van der Waals surface area contributed by atoms with Crippen molar-refractivity contribution in [3.05, 3.63) is 35.9 Å². The molecule has 0 saturated heterocycles. The van der Waals surface area contributed by atoms with E-state index in [1.165, 1.54) is 0 Å². The summed E-state index contributed by atoms with van der Waals surface area (Å²) in [6.07, 6.45) is 0.916. The third-order valence-corrected chi connectivity index (χ3v) is 3.41. The van der Waals surface area contributed by atoms with Crippen LogP contribution >= 0.6 is 0 Å². The maximum absolute atomic E-state index is 11.8. The summed E-state index contributed by atoms with van der Waals surface area (Å²) in [5, 5.41) is 0. The normalized spacial score (nSPS) is 22.7. The van der Waals surface area contributed by atoms with E-state index in [4.69, 9.17) is 10.5 Å². The predicted molar refractivity (Wildman–Crippen MR) is 74.0 cm³/mol. The van der Waals surface area contributed by atoms with Crippen LogP contribution in [0.5, 0.6) is 0 Å². The molecule has 0 unspecified atom stereocenters. The van der Waals surface area contributed by atoms with Gasteiger partial charge in [0.1, 0.15) is 5.84 Å². The SMILES string of the molecule is CCCOC[C@@]1(c2ccccc2)C(N)=NC(=O)N1C. The fourth-order valence-electron chi connectivity index (χ4n) is 2.28. The number of carbonyl (C=O) groups is 1. The first kappa shape index (κ1) is 13.5. The van der Waals surface area contributed by atoms with Gasteiger partial charge in [0, 0.05) is 13.7 Å². The minimum Gasteiger partial charge on any atom is -0.385 e. The molecule has 5 heteroatoms. The number of nitrogens with two attached hydrogens (primary N) is 1. The summed E-state index contributed by atoms with van der Waals surface area (Å²) < 4.78 is 5.66. The fraction of sp³-hybridized carbons (Fsp3) is 0.429. The van der Waals surface area contributed by atoms with Crippen LogP contribution in [-0.2, 0) is 10.3 Å². The number of amides is 2. The van der Waals surface area contributed by atoms with Crippen molar-refractivity contribution in [2.24, 2.45) is 10.7 Å². The van der Waals surface area contributed by atoms with Gasteiger partial charge in [-0.05, 0) is 12.0 Å². The lowest BCUT2D eigenvalue weighted by molar-refractivity contribution is 0.0604. The molecular formula is C14H19N3O2. The van der Waals surface area contributed by atoms with E-state index in [1.807, 2.05) is 37.3 Å². The first-order chi connectivity index (χ1) is 9.13. The van der Waals surface area contributed by atoms with Gasteiger partial charge < -0.3 is 15.4 Å². The fourth-order valence-corrected chi connectivity index (χ4v) is 2.28. The summed E-state index contributed by atoms with van der Waals surface area (Å²) in [4.78, 5) is 17.2. The van der Waals surface area contributed by atoms with Gasteiger partial charge in [-0.15, -0.1) is 0 Å². The van der Waals surface area contributed by atoms with Crippen LogP contribution < -0.4 is 5.73 Å². The van der Waals surface area contributed by atoms with Gasteiger partial charge in [-0.3, -0.25) is 0 Å². The number of aliphatic imine (C=N–C) groups is 1. The lowest BCUT2D eigenvalue weighted by Crippen LogP contribution is -2.53. The highest BCUT2D eigenvalue weighted by molar-refractivity contribution is 6.06. The van der Waals surface area contributed by atoms with Crippen LogP contribution in [0.25, 0.3) is 0 Å². The molecular weight excluding hydrogens is 242 g/mol. The third kappa shape index (κ3) is 2.21. The average molecular weight is 261 g/mol. The van der Waals surface area contributed by atoms with E-state index in [-0.39, 0.29) is 6.03 Å². The number of ether oxygens (including phenoxy) is 1. The number of rotatable bonds is 5. The van der Waals surface area contributed by atoms with Crippen molar-refractivity contribution >= 4 is 11.9 Å². The topological polar surface area (TPSA) is 67.9 Å². The molecule has 1 atom stereocenters. The van der Waals surface area contributed by atoms with E-state index in [2.05, 4.69) is 4.99 Å². The minimum absolute atomic E-state index is 0.294. The van der Waals surface area contributed by atoms with E-state index in [0.29, 0.717) is 19.0 Å². The minimum atomic E-state index is -0.784. The number of amidine groups is 1. The van der Waals surface area contributed by atoms with Crippen molar-refractivity contribution in [1.82, 2.24) is 4.90 Å². The van der Waals surface area contributed by atoms with E-state index in [0.717, 1.165) is 12.0 Å². The zero-order valence-electron chi connectivity index (χ0n) is 11.3. The molecule has 0 aromatic heterocycles. The van der Waals surface area contributed by atoms with Crippen molar-refractivity contribution in [3.8, 4) is 0 Å². The Bertz CT molecular complexity index is 487. The Morgan fingerprint density at radius 1 is 1.37 bits per heavy atom. The highest BCUT2D eigenvalue weighted by Gasteiger charge is 2.48. The highest BCUT2D eigenvalue weighted by Crippen LogP contribution is 2.33. The summed E-state index contributed by atoms with van der Waals surface area (Å²) in [6, 6.07) is 9.30. The van der Waals surface area contributed by atoms with Gasteiger partial charge in [0.05, 0.1) is 6.61 Å². The number of urea groups is 1. The Labute approximate surface area is 113 Å². The smallest absolute Gasteiger partial charge is 0.346 e. The monoisotopic (exact) mass is 261 g/mol. The Kier molecular flexibility index (Phi) is 3.85. The Hall–Kier alpha value is -1.88. The van der Waals surface area contributed by atoms with E-state index >= 15 is 0 Å². The van der Waals surface area contributed by atoms with Crippen molar-refractivity contribution in [3.63, 3.8) is 0 Å². The molecule has 5 nitrogen and oxygen atoms in total. The standard InChI is InChI=1S/C14H19N3O2/c1-3-9-19-10-14(11-7-5-4-6-8-11)12(15)16-13(18)17(14)2/h4-8H,3,9-10H2,1-2H3,(H2,15,16,18)/t14-/m1/s1. The second-order valence-electron chi connectivity index (χ2n) is 4.62. The molecule has 0 aliphatic carbocycles. The van der Waals surface area contributed by atoms with Crippen molar-refractivity contribution < 1.29 is 9.53 Å². The van der Waals surface area contributed by atoms with E-state index < -0.39 is 5.54 Å². The van der Waals surface area contributed by atoms with Gasteiger partial charge in [-0.2, -0.15) is 4.99 Å². The Balaban J connectivity index is 2.39. The molecule has 102 valence electrons. The van der Waals surface area contributed by atoms with Crippen molar-refractivity contribution in [2.75, 3.05) is 20.3 Å². The molecule has 2 N–H and O–H groups in total. The van der Waals surface area contributed by atoms with Crippen LogP contribution in [-0.4, -0.2) is 37.0 Å². The molecule has 1 aromatic carbocycles. The maximum atomic E-state index is 11.8. The summed E-state index contributed by atoms with van der Waals surface area (Å²) >= 11 is 0. The molecule has 1 aliphatic heterocycles. The summed E-state index contributed by atoms with van der Waals surface area (Å²) in [7, 11) is 1.70. The maximum Gasteiger partial charge on any atom is 0.346 e. The van der Waals surface area contributed by atoms with Gasteiger partial charge in [-0.1, -0.05) is 37.3 Å². The van der Waals surface area contributed by atoms with Gasteiger partial charge in [0.2, 0.25) is 0 Å². The largest absolute Gasteiger partial charge is 0.385 e. The van der Waals surface area contributed by atoms with Gasteiger partial charge >= 0.3 is 6.03 Å². The van der Waals surface area contributed by atoms with E-state index in [1.54, 1.807) is 11.9 Å². The lowest BCUT2D eigenvalue weighted by Gasteiger charge is -2.35. The van der Waals surface area contributed by atoms with Crippen molar-refractivity contribution in [1.29, 1.82) is 0 Å². The van der Waals surface area contributed by atoms with Crippen LogP contribution in [0.15, 0.2) is 35.3 Å². The predicted octanol–water partition coefficient (Wildman–Crippen LogP) is 1.73. The van der Waals surface area contributed by atoms with Crippen LogP contribution in [0, 0.1) is 0 Å². The first-order valence-electron chi connectivity index (χ1n) is 6.38. The Morgan fingerprint density at radius 3 is 2.58 bits per heavy atom. The molecule has 0 radical (unpaired) electrons. The molecule has 19 heavy (non-hydrogen) atoms.